The predicted octanol–water partition coefficient (Wildman–Crippen LogP) is 2.84. The van der Waals surface area contributed by atoms with Gasteiger partial charge in [0.15, 0.2) is 5.75 Å². The summed E-state index contributed by atoms with van der Waals surface area (Å²) < 4.78 is 16.3. The van der Waals surface area contributed by atoms with Crippen molar-refractivity contribution in [1.82, 2.24) is 0 Å². The highest BCUT2D eigenvalue weighted by molar-refractivity contribution is 6.36. The molecule has 0 radical (unpaired) electrons. The van der Waals surface area contributed by atoms with Crippen LogP contribution in [0.1, 0.15) is 23.7 Å². The maximum absolute atomic E-state index is 13.0. The normalized spacial score (nSPS) is 26.1. The van der Waals surface area contributed by atoms with Crippen LogP contribution in [0.5, 0.6) is 17.2 Å². The second kappa shape index (κ2) is 5.02. The largest absolute Gasteiger partial charge is 0.496 e. The Morgan fingerprint density at radius 2 is 1.95 bits per heavy atom. The van der Waals surface area contributed by atoms with Gasteiger partial charge in [-0.05, 0) is 12.5 Å². The first-order valence-corrected chi connectivity index (χ1v) is 7.24. The molecule has 0 saturated heterocycles. The van der Waals surface area contributed by atoms with Gasteiger partial charge in [0, 0.05) is 12.0 Å². The van der Waals surface area contributed by atoms with E-state index >= 15 is 0 Å². The van der Waals surface area contributed by atoms with Crippen molar-refractivity contribution in [2.45, 2.75) is 18.9 Å². The molecule has 0 aromatic heterocycles. The lowest BCUT2D eigenvalue weighted by Crippen LogP contribution is -2.54. The van der Waals surface area contributed by atoms with Crippen molar-refractivity contribution in [3.63, 3.8) is 0 Å². The van der Waals surface area contributed by atoms with Crippen LogP contribution >= 0.6 is 11.6 Å². The van der Waals surface area contributed by atoms with E-state index in [1.165, 1.54) is 26.4 Å². The van der Waals surface area contributed by atoms with E-state index in [1.807, 2.05) is 6.92 Å². The first kappa shape index (κ1) is 14.9. The lowest BCUT2D eigenvalue weighted by Gasteiger charge is -2.32. The lowest BCUT2D eigenvalue weighted by molar-refractivity contribution is -0.128. The summed E-state index contributed by atoms with van der Waals surface area (Å²) in [6.07, 6.45) is 3.71. The topological polar surface area (TPSA) is 61.8 Å². The molecule has 6 heteroatoms. The molecule has 1 aliphatic carbocycles. The lowest BCUT2D eigenvalue weighted by atomic mass is 9.75. The molecule has 2 unspecified atom stereocenters. The van der Waals surface area contributed by atoms with E-state index in [9.17, 15) is 9.59 Å². The highest BCUT2D eigenvalue weighted by Crippen LogP contribution is 2.52. The monoisotopic (exact) mass is 322 g/mol. The van der Waals surface area contributed by atoms with E-state index in [4.69, 9.17) is 25.8 Å². The second-order valence-corrected chi connectivity index (χ2v) is 5.75. The number of carbonyl (C=O) groups excluding carboxylic acids is 2. The van der Waals surface area contributed by atoms with Gasteiger partial charge in [-0.15, -0.1) is 0 Å². The molecule has 2 atom stereocenters. The molecule has 2 aliphatic rings. The zero-order valence-corrected chi connectivity index (χ0v) is 13.2. The Balaban J connectivity index is 2.25. The molecule has 0 bridgehead atoms. The fraction of sp³-hybridized carbons (Fsp3) is 0.375. The number of ether oxygens (including phenoxy) is 3. The third-order valence-electron chi connectivity index (χ3n) is 4.24. The summed E-state index contributed by atoms with van der Waals surface area (Å²) in [6, 6.07) is 1.52. The minimum absolute atomic E-state index is 0.151. The van der Waals surface area contributed by atoms with E-state index < -0.39 is 11.4 Å². The second-order valence-electron chi connectivity index (χ2n) is 5.37. The molecule has 1 heterocycles. The van der Waals surface area contributed by atoms with Gasteiger partial charge in [-0.25, -0.2) is 0 Å². The fourth-order valence-corrected chi connectivity index (χ4v) is 3.26. The number of hydrogen-bond acceptors (Lipinski definition) is 5. The van der Waals surface area contributed by atoms with Gasteiger partial charge in [0.1, 0.15) is 22.1 Å². The number of methoxy groups -OCH3 is 2. The number of Topliss-reactive ketones (excluding diaryl/α,β-unsaturated/α-hetero) is 1. The minimum atomic E-state index is -1.56. The van der Waals surface area contributed by atoms with Crippen molar-refractivity contribution in [2.24, 2.45) is 5.92 Å². The smallest absolute Gasteiger partial charge is 0.236 e. The summed E-state index contributed by atoms with van der Waals surface area (Å²) in [5, 5.41) is 0.165. The van der Waals surface area contributed by atoms with Crippen LogP contribution < -0.4 is 14.2 Å². The molecule has 1 spiro atoms. The Labute approximate surface area is 132 Å². The number of fused-ring (bicyclic) bond motifs is 1. The van der Waals surface area contributed by atoms with Gasteiger partial charge in [-0.1, -0.05) is 24.6 Å². The van der Waals surface area contributed by atoms with Crippen LogP contribution in [0.2, 0.25) is 5.02 Å². The Bertz CT molecular complexity index is 709. The van der Waals surface area contributed by atoms with Crippen LogP contribution in [0.4, 0.5) is 0 Å². The minimum Gasteiger partial charge on any atom is -0.496 e. The summed E-state index contributed by atoms with van der Waals surface area (Å²) in [6.45, 7) is 1.81. The van der Waals surface area contributed by atoms with E-state index in [-0.39, 0.29) is 33.8 Å². The summed E-state index contributed by atoms with van der Waals surface area (Å²) in [4.78, 5) is 25.4. The highest BCUT2D eigenvalue weighted by Gasteiger charge is 2.59. The maximum atomic E-state index is 13.0. The number of benzene rings is 1. The summed E-state index contributed by atoms with van der Waals surface area (Å²) in [5.74, 6) is -0.313. The molecule has 0 amide bonds. The summed E-state index contributed by atoms with van der Waals surface area (Å²) in [7, 11) is 2.89. The molecule has 0 N–H and O–H groups in total. The van der Waals surface area contributed by atoms with Crippen LogP contribution in [0.15, 0.2) is 18.2 Å². The van der Waals surface area contributed by atoms with Crippen LogP contribution in [-0.2, 0) is 4.79 Å². The van der Waals surface area contributed by atoms with Gasteiger partial charge in [-0.2, -0.15) is 0 Å². The number of carbonyl (C=O) groups is 2. The van der Waals surface area contributed by atoms with Crippen LogP contribution in [0.3, 0.4) is 0 Å². The van der Waals surface area contributed by atoms with Crippen molar-refractivity contribution in [3.05, 3.63) is 28.8 Å². The van der Waals surface area contributed by atoms with Gasteiger partial charge in [0.2, 0.25) is 17.2 Å². The number of ketones is 2. The predicted molar refractivity (Wildman–Crippen MR) is 80.2 cm³/mol. The molecule has 3 rings (SSSR count). The van der Waals surface area contributed by atoms with Gasteiger partial charge in [-0.3, -0.25) is 9.59 Å². The molecular formula is C16H15ClO5. The van der Waals surface area contributed by atoms with Crippen LogP contribution in [-0.4, -0.2) is 31.4 Å². The van der Waals surface area contributed by atoms with Crippen molar-refractivity contribution in [3.8, 4) is 17.2 Å². The molecule has 1 aliphatic heterocycles. The van der Waals surface area contributed by atoms with Gasteiger partial charge in [0.25, 0.3) is 0 Å². The van der Waals surface area contributed by atoms with Crippen molar-refractivity contribution < 1.29 is 23.8 Å². The standard InChI is InChI=1S/C16H15ClO5/c1-8-5-4-6-11(18)16(8)15(19)12-9(20-2)7-10(21-3)13(17)14(12)22-16/h4,6-8H,5H2,1-3H3. The van der Waals surface area contributed by atoms with Crippen LogP contribution in [0, 0.1) is 5.92 Å². The Morgan fingerprint density at radius 1 is 1.27 bits per heavy atom. The third kappa shape index (κ3) is 1.72. The first-order chi connectivity index (χ1) is 10.5. The maximum Gasteiger partial charge on any atom is 0.236 e. The molecule has 0 saturated carbocycles. The summed E-state index contributed by atoms with van der Waals surface area (Å²) in [5.41, 5.74) is -1.36. The number of rotatable bonds is 2. The SMILES string of the molecule is COc1cc(OC)c2c(c1Cl)OC1(C(=O)C=CCC1C)C2=O. The van der Waals surface area contributed by atoms with Crippen molar-refractivity contribution >= 4 is 23.2 Å². The zero-order chi connectivity index (χ0) is 16.1. The highest BCUT2D eigenvalue weighted by atomic mass is 35.5. The fourth-order valence-electron chi connectivity index (χ4n) is 3.00. The number of allylic oxidation sites excluding steroid dienone is 1. The summed E-state index contributed by atoms with van der Waals surface area (Å²) >= 11 is 6.26. The molecule has 1 aromatic carbocycles. The molecule has 5 nitrogen and oxygen atoms in total. The number of halogens is 1. The van der Waals surface area contributed by atoms with E-state index in [0.29, 0.717) is 12.2 Å². The molecule has 0 fully saturated rings. The average Bonchev–Trinajstić information content (AvgIpc) is 2.82. The zero-order valence-electron chi connectivity index (χ0n) is 12.4. The van der Waals surface area contributed by atoms with Crippen molar-refractivity contribution in [2.75, 3.05) is 14.2 Å². The Hall–Kier alpha value is -2.01. The van der Waals surface area contributed by atoms with Gasteiger partial charge < -0.3 is 14.2 Å². The van der Waals surface area contributed by atoms with E-state index in [0.717, 1.165) is 0 Å². The Morgan fingerprint density at radius 3 is 2.55 bits per heavy atom. The van der Waals surface area contributed by atoms with Crippen LogP contribution in [0.25, 0.3) is 0 Å². The molecule has 22 heavy (non-hydrogen) atoms. The van der Waals surface area contributed by atoms with E-state index in [1.54, 1.807) is 6.08 Å². The average molecular weight is 323 g/mol. The van der Waals surface area contributed by atoms with Gasteiger partial charge in [0.05, 0.1) is 14.2 Å². The molecular weight excluding hydrogens is 308 g/mol. The van der Waals surface area contributed by atoms with E-state index in [2.05, 4.69) is 0 Å². The van der Waals surface area contributed by atoms with Crippen molar-refractivity contribution in [1.29, 1.82) is 0 Å². The molecule has 1 aromatic rings. The Kier molecular flexibility index (Phi) is 3.40. The third-order valence-corrected chi connectivity index (χ3v) is 4.60. The first-order valence-electron chi connectivity index (χ1n) is 6.86. The van der Waals surface area contributed by atoms with Gasteiger partial charge >= 0.3 is 0 Å². The number of hydrogen-bond donors (Lipinski definition) is 0. The quantitative estimate of drug-likeness (QED) is 0.783. The molecule has 116 valence electrons.